The highest BCUT2D eigenvalue weighted by Gasteiger charge is 2.12. The second kappa shape index (κ2) is 10.9. The third-order valence-corrected chi connectivity index (χ3v) is 5.30. The van der Waals surface area contributed by atoms with E-state index in [0.717, 1.165) is 33.1 Å². The number of carbonyl (C=O) groups is 1. The van der Waals surface area contributed by atoms with Crippen molar-refractivity contribution in [1.29, 1.82) is 0 Å². The normalized spacial score (nSPS) is 10.9. The number of nitrogens with one attached hydrogen (secondary N) is 1. The van der Waals surface area contributed by atoms with E-state index in [-0.39, 0.29) is 18.4 Å². The number of para-hydroxylation sites is 1. The molecular weight excluding hydrogens is 396 g/mol. The van der Waals surface area contributed by atoms with Crippen molar-refractivity contribution in [3.8, 4) is 16.3 Å². The molecular formula is C24H28N2O3S. The van der Waals surface area contributed by atoms with Gasteiger partial charge in [0.15, 0.2) is 0 Å². The van der Waals surface area contributed by atoms with Crippen LogP contribution in [0.3, 0.4) is 0 Å². The van der Waals surface area contributed by atoms with E-state index in [1.165, 1.54) is 11.3 Å². The van der Waals surface area contributed by atoms with Crippen LogP contribution in [0.1, 0.15) is 37.6 Å². The number of rotatable bonds is 10. The van der Waals surface area contributed by atoms with Crippen LogP contribution >= 0.6 is 11.3 Å². The van der Waals surface area contributed by atoms with Crippen LogP contribution in [-0.2, 0) is 29.1 Å². The van der Waals surface area contributed by atoms with E-state index >= 15 is 0 Å². The molecule has 0 radical (unpaired) electrons. The summed E-state index contributed by atoms with van der Waals surface area (Å²) < 4.78 is 11.3. The summed E-state index contributed by atoms with van der Waals surface area (Å²) in [4.78, 5) is 17.0. The van der Waals surface area contributed by atoms with Gasteiger partial charge in [-0.25, -0.2) is 4.98 Å². The van der Waals surface area contributed by atoms with Crippen molar-refractivity contribution < 1.29 is 14.3 Å². The van der Waals surface area contributed by atoms with Gasteiger partial charge in [0.1, 0.15) is 10.8 Å². The Labute approximate surface area is 182 Å². The van der Waals surface area contributed by atoms with E-state index in [1.54, 1.807) is 0 Å². The maximum absolute atomic E-state index is 12.4. The minimum absolute atomic E-state index is 0.0474. The molecule has 0 saturated carbocycles. The fraction of sp³-hybridized carbons (Fsp3) is 0.333. The van der Waals surface area contributed by atoms with Crippen molar-refractivity contribution in [3.63, 3.8) is 0 Å². The first kappa shape index (κ1) is 22.0. The van der Waals surface area contributed by atoms with E-state index in [0.29, 0.717) is 19.8 Å². The van der Waals surface area contributed by atoms with E-state index < -0.39 is 0 Å². The molecule has 0 saturated heterocycles. The van der Waals surface area contributed by atoms with Crippen LogP contribution in [0.4, 0.5) is 0 Å². The minimum Gasteiger partial charge on any atom is -0.493 e. The summed E-state index contributed by atoms with van der Waals surface area (Å²) in [6.07, 6.45) is 0.445. The van der Waals surface area contributed by atoms with Gasteiger partial charge in [-0.15, -0.1) is 11.3 Å². The zero-order chi connectivity index (χ0) is 21.3. The molecule has 0 aliphatic rings. The Morgan fingerprint density at radius 2 is 1.93 bits per heavy atom. The molecule has 3 aromatic rings. The monoisotopic (exact) mass is 424 g/mol. The molecule has 1 heterocycles. The highest BCUT2D eigenvalue weighted by Crippen LogP contribution is 2.32. The van der Waals surface area contributed by atoms with Crippen LogP contribution in [0.5, 0.6) is 5.75 Å². The molecule has 0 unspecified atom stereocenters. The van der Waals surface area contributed by atoms with Gasteiger partial charge < -0.3 is 14.8 Å². The predicted octanol–water partition coefficient (Wildman–Crippen LogP) is 4.99. The Bertz CT molecular complexity index is 968. The van der Waals surface area contributed by atoms with E-state index in [1.807, 2.05) is 68.6 Å². The van der Waals surface area contributed by atoms with Crippen molar-refractivity contribution in [2.24, 2.45) is 0 Å². The van der Waals surface area contributed by atoms with Gasteiger partial charge in [-0.2, -0.15) is 0 Å². The number of carbonyl (C=O) groups excluding carboxylic acids is 1. The molecule has 30 heavy (non-hydrogen) atoms. The smallest absolute Gasteiger partial charge is 0.226 e. The number of hydrogen-bond donors (Lipinski definition) is 1. The summed E-state index contributed by atoms with van der Waals surface area (Å²) in [5, 5.41) is 5.77. The van der Waals surface area contributed by atoms with Crippen molar-refractivity contribution in [1.82, 2.24) is 10.3 Å². The fourth-order valence-electron chi connectivity index (χ4n) is 2.96. The second-order valence-electron chi connectivity index (χ2n) is 7.21. The average molecular weight is 425 g/mol. The first-order valence-electron chi connectivity index (χ1n) is 10.2. The van der Waals surface area contributed by atoms with Gasteiger partial charge in [0, 0.05) is 11.9 Å². The number of benzene rings is 2. The molecule has 1 N–H and O–H groups in total. The Kier molecular flexibility index (Phi) is 7.99. The van der Waals surface area contributed by atoms with Crippen LogP contribution in [-0.4, -0.2) is 23.6 Å². The van der Waals surface area contributed by atoms with Gasteiger partial charge in [-0.1, -0.05) is 36.4 Å². The number of amides is 1. The lowest BCUT2D eigenvalue weighted by Crippen LogP contribution is -2.24. The molecule has 0 bridgehead atoms. The van der Waals surface area contributed by atoms with Gasteiger partial charge in [0.05, 0.1) is 37.0 Å². The SMILES string of the molecule is CCOc1ccccc1-c1nc(CC(=O)NCc2cccc(COC(C)C)c2)cs1. The summed E-state index contributed by atoms with van der Waals surface area (Å²) in [6.45, 7) is 7.65. The quantitative estimate of drug-likeness (QED) is 0.498. The number of thiazole rings is 1. The third kappa shape index (κ3) is 6.40. The lowest BCUT2D eigenvalue weighted by molar-refractivity contribution is -0.120. The van der Waals surface area contributed by atoms with Gasteiger partial charge in [-0.05, 0) is 44.0 Å². The molecule has 0 spiro atoms. The third-order valence-electron chi connectivity index (χ3n) is 4.38. The number of ether oxygens (including phenoxy) is 2. The van der Waals surface area contributed by atoms with Crippen LogP contribution < -0.4 is 10.1 Å². The zero-order valence-corrected chi connectivity index (χ0v) is 18.5. The highest BCUT2D eigenvalue weighted by molar-refractivity contribution is 7.13. The largest absolute Gasteiger partial charge is 0.493 e. The Hall–Kier alpha value is -2.70. The first-order valence-corrected chi connectivity index (χ1v) is 11.1. The summed E-state index contributed by atoms with van der Waals surface area (Å²) >= 11 is 1.52. The lowest BCUT2D eigenvalue weighted by atomic mass is 10.1. The molecule has 0 fully saturated rings. The number of aromatic nitrogens is 1. The molecule has 5 nitrogen and oxygen atoms in total. The van der Waals surface area contributed by atoms with E-state index in [9.17, 15) is 4.79 Å². The second-order valence-corrected chi connectivity index (χ2v) is 8.06. The van der Waals surface area contributed by atoms with Crippen molar-refractivity contribution in [2.75, 3.05) is 6.61 Å². The molecule has 2 aromatic carbocycles. The van der Waals surface area contributed by atoms with E-state index in [2.05, 4.69) is 16.4 Å². The summed E-state index contributed by atoms with van der Waals surface area (Å²) in [5.74, 6) is 0.764. The van der Waals surface area contributed by atoms with Gasteiger partial charge in [0.2, 0.25) is 5.91 Å². The molecule has 1 aromatic heterocycles. The van der Waals surface area contributed by atoms with Crippen LogP contribution in [0, 0.1) is 0 Å². The topological polar surface area (TPSA) is 60.5 Å². The van der Waals surface area contributed by atoms with Crippen molar-refractivity contribution in [2.45, 2.75) is 46.4 Å². The Balaban J connectivity index is 1.56. The summed E-state index contributed by atoms with van der Waals surface area (Å²) in [6, 6.07) is 15.9. The highest BCUT2D eigenvalue weighted by atomic mass is 32.1. The maximum Gasteiger partial charge on any atom is 0.226 e. The molecule has 1 amide bonds. The molecule has 3 rings (SSSR count). The van der Waals surface area contributed by atoms with Crippen LogP contribution in [0.25, 0.3) is 10.6 Å². The molecule has 0 aliphatic heterocycles. The summed E-state index contributed by atoms with van der Waals surface area (Å²) in [7, 11) is 0. The van der Waals surface area contributed by atoms with Crippen LogP contribution in [0.2, 0.25) is 0 Å². The minimum atomic E-state index is -0.0474. The van der Waals surface area contributed by atoms with Crippen molar-refractivity contribution in [3.05, 3.63) is 70.7 Å². The molecule has 0 atom stereocenters. The van der Waals surface area contributed by atoms with Gasteiger partial charge in [-0.3, -0.25) is 4.79 Å². The number of nitrogens with zero attached hydrogens (tertiary/aromatic N) is 1. The van der Waals surface area contributed by atoms with Gasteiger partial charge >= 0.3 is 0 Å². The fourth-order valence-corrected chi connectivity index (χ4v) is 3.81. The molecule has 6 heteroatoms. The molecule has 158 valence electrons. The predicted molar refractivity (Wildman–Crippen MR) is 121 cm³/mol. The Morgan fingerprint density at radius 1 is 1.13 bits per heavy atom. The van der Waals surface area contributed by atoms with Crippen LogP contribution in [0.15, 0.2) is 53.9 Å². The lowest BCUT2D eigenvalue weighted by Gasteiger charge is -2.09. The van der Waals surface area contributed by atoms with Crippen molar-refractivity contribution >= 4 is 17.2 Å². The maximum atomic E-state index is 12.4. The van der Waals surface area contributed by atoms with Gasteiger partial charge in [0.25, 0.3) is 0 Å². The summed E-state index contributed by atoms with van der Waals surface area (Å²) in [5.41, 5.74) is 3.87. The van der Waals surface area contributed by atoms with E-state index in [4.69, 9.17) is 9.47 Å². The number of hydrogen-bond acceptors (Lipinski definition) is 5. The molecule has 0 aliphatic carbocycles. The Morgan fingerprint density at radius 3 is 2.73 bits per heavy atom. The average Bonchev–Trinajstić information content (AvgIpc) is 3.20. The zero-order valence-electron chi connectivity index (χ0n) is 17.7. The first-order chi connectivity index (χ1) is 14.5. The standard InChI is InChI=1S/C24H28N2O3S/c1-4-28-22-11-6-5-10-21(22)24-26-20(16-30-24)13-23(27)25-14-18-8-7-9-19(12-18)15-29-17(2)3/h5-12,16-17H,4,13-15H2,1-3H3,(H,25,27).